The Hall–Kier alpha value is -1.10. The largest absolute Gasteiger partial charge is 0.550 e. The van der Waals surface area contributed by atoms with Gasteiger partial charge in [-0.25, -0.2) is 0 Å². The van der Waals surface area contributed by atoms with Gasteiger partial charge in [0.25, 0.3) is 0 Å². The van der Waals surface area contributed by atoms with E-state index in [2.05, 4.69) is 0 Å². The molecule has 3 atom stereocenters. The SMILES string of the molecule is CCC(OC)C(C(=O)O)C(C)C(=O)[O-]. The minimum atomic E-state index is -1.37. The Kier molecular flexibility index (Phi) is 5.15. The normalized spacial score (nSPS) is 17.1. The molecule has 14 heavy (non-hydrogen) atoms. The zero-order chi connectivity index (χ0) is 11.3. The number of aliphatic carboxylic acids is 2. The van der Waals surface area contributed by atoms with Crippen molar-refractivity contribution in [2.75, 3.05) is 7.11 Å². The van der Waals surface area contributed by atoms with Crippen molar-refractivity contribution in [3.05, 3.63) is 0 Å². The second-order valence-corrected chi connectivity index (χ2v) is 3.15. The molecule has 0 aromatic heterocycles. The third kappa shape index (κ3) is 2.99. The van der Waals surface area contributed by atoms with Crippen molar-refractivity contribution in [2.24, 2.45) is 11.8 Å². The van der Waals surface area contributed by atoms with Crippen LogP contribution in [0.25, 0.3) is 0 Å². The van der Waals surface area contributed by atoms with Crippen molar-refractivity contribution in [1.82, 2.24) is 0 Å². The number of carboxylic acid groups (broad SMARTS) is 2. The van der Waals surface area contributed by atoms with Crippen LogP contribution in [0.15, 0.2) is 0 Å². The Balaban J connectivity index is 4.74. The first kappa shape index (κ1) is 12.9. The molecule has 5 heteroatoms. The lowest BCUT2D eigenvalue weighted by molar-refractivity contribution is -0.313. The topological polar surface area (TPSA) is 86.7 Å². The summed E-state index contributed by atoms with van der Waals surface area (Å²) in [7, 11) is 1.37. The number of methoxy groups -OCH3 is 1. The molecule has 0 heterocycles. The van der Waals surface area contributed by atoms with Crippen molar-refractivity contribution in [3.8, 4) is 0 Å². The second-order valence-electron chi connectivity index (χ2n) is 3.15. The van der Waals surface area contributed by atoms with Crippen LogP contribution in [0.1, 0.15) is 20.3 Å². The van der Waals surface area contributed by atoms with Gasteiger partial charge in [-0.05, 0) is 6.42 Å². The lowest BCUT2D eigenvalue weighted by atomic mass is 9.87. The van der Waals surface area contributed by atoms with Gasteiger partial charge < -0.3 is 19.7 Å². The van der Waals surface area contributed by atoms with Gasteiger partial charge in [-0.3, -0.25) is 4.79 Å². The minimum Gasteiger partial charge on any atom is -0.550 e. The first-order valence-corrected chi connectivity index (χ1v) is 4.42. The summed E-state index contributed by atoms with van der Waals surface area (Å²) in [5, 5.41) is 19.4. The van der Waals surface area contributed by atoms with Crippen LogP contribution in [0.4, 0.5) is 0 Å². The lowest BCUT2D eigenvalue weighted by Crippen LogP contribution is -2.43. The van der Waals surface area contributed by atoms with E-state index in [1.165, 1.54) is 14.0 Å². The molecule has 0 aromatic carbocycles. The number of carboxylic acids is 2. The fourth-order valence-corrected chi connectivity index (χ4v) is 1.41. The number of hydrogen-bond acceptors (Lipinski definition) is 4. The summed E-state index contributed by atoms with van der Waals surface area (Å²) >= 11 is 0. The molecule has 0 aliphatic carbocycles. The van der Waals surface area contributed by atoms with Crippen molar-refractivity contribution in [2.45, 2.75) is 26.4 Å². The quantitative estimate of drug-likeness (QED) is 0.628. The van der Waals surface area contributed by atoms with E-state index in [-0.39, 0.29) is 0 Å². The maximum atomic E-state index is 10.8. The van der Waals surface area contributed by atoms with Gasteiger partial charge in [0.15, 0.2) is 0 Å². The molecule has 5 nitrogen and oxygen atoms in total. The highest BCUT2D eigenvalue weighted by molar-refractivity contribution is 5.79. The van der Waals surface area contributed by atoms with E-state index in [9.17, 15) is 14.7 Å². The summed E-state index contributed by atoms with van der Waals surface area (Å²) in [6, 6.07) is 0. The maximum absolute atomic E-state index is 10.8. The molecule has 0 fully saturated rings. The third-order valence-electron chi connectivity index (χ3n) is 2.30. The highest BCUT2D eigenvalue weighted by Crippen LogP contribution is 2.20. The molecule has 0 radical (unpaired) electrons. The standard InChI is InChI=1S/C9H16O5/c1-4-6(14-3)7(9(12)13)5(2)8(10)11/h5-7H,4H2,1-3H3,(H,10,11)(H,12,13)/p-1. The highest BCUT2D eigenvalue weighted by Gasteiger charge is 2.32. The van der Waals surface area contributed by atoms with Crippen LogP contribution in [-0.4, -0.2) is 30.3 Å². The molecule has 0 aliphatic rings. The summed E-state index contributed by atoms with van der Waals surface area (Å²) in [6.45, 7) is 3.06. The highest BCUT2D eigenvalue weighted by atomic mass is 16.5. The fourth-order valence-electron chi connectivity index (χ4n) is 1.41. The summed E-state index contributed by atoms with van der Waals surface area (Å²) in [5.41, 5.74) is 0. The van der Waals surface area contributed by atoms with Crippen LogP contribution in [-0.2, 0) is 14.3 Å². The van der Waals surface area contributed by atoms with Gasteiger partial charge in [0, 0.05) is 19.0 Å². The van der Waals surface area contributed by atoms with Crippen LogP contribution in [0.3, 0.4) is 0 Å². The first-order chi connectivity index (χ1) is 6.45. The van der Waals surface area contributed by atoms with E-state index in [1.54, 1.807) is 6.92 Å². The van der Waals surface area contributed by atoms with E-state index >= 15 is 0 Å². The molecule has 3 unspecified atom stereocenters. The number of carbonyl (C=O) groups is 2. The molecule has 0 bridgehead atoms. The smallest absolute Gasteiger partial charge is 0.309 e. The molecular weight excluding hydrogens is 188 g/mol. The minimum absolute atomic E-state index is 0.449. The number of carbonyl (C=O) groups excluding carboxylic acids is 1. The van der Waals surface area contributed by atoms with E-state index in [4.69, 9.17) is 9.84 Å². The van der Waals surface area contributed by atoms with Crippen LogP contribution in [0.5, 0.6) is 0 Å². The van der Waals surface area contributed by atoms with Gasteiger partial charge >= 0.3 is 5.97 Å². The monoisotopic (exact) mass is 203 g/mol. The second kappa shape index (κ2) is 5.59. The van der Waals surface area contributed by atoms with Crippen molar-refractivity contribution >= 4 is 11.9 Å². The van der Waals surface area contributed by atoms with Crippen molar-refractivity contribution in [1.29, 1.82) is 0 Å². The Morgan fingerprint density at radius 3 is 2.21 bits per heavy atom. The molecule has 0 rings (SSSR count). The van der Waals surface area contributed by atoms with Gasteiger partial charge in [-0.15, -0.1) is 0 Å². The van der Waals surface area contributed by atoms with Crippen LogP contribution in [0, 0.1) is 11.8 Å². The zero-order valence-corrected chi connectivity index (χ0v) is 8.52. The van der Waals surface area contributed by atoms with Crippen molar-refractivity contribution < 1.29 is 24.5 Å². The van der Waals surface area contributed by atoms with Crippen LogP contribution in [0.2, 0.25) is 0 Å². The van der Waals surface area contributed by atoms with Gasteiger partial charge in [-0.2, -0.15) is 0 Å². The Bertz CT molecular complexity index is 209. The number of hydrogen-bond donors (Lipinski definition) is 1. The summed E-state index contributed by atoms with van der Waals surface area (Å²) in [6.07, 6.45) is -0.147. The summed E-state index contributed by atoms with van der Waals surface area (Å²) in [5.74, 6) is -4.66. The van der Waals surface area contributed by atoms with Crippen LogP contribution >= 0.6 is 0 Å². The summed E-state index contributed by atoms with van der Waals surface area (Å²) in [4.78, 5) is 21.4. The Labute approximate surface area is 82.7 Å². The molecule has 0 aromatic rings. The molecule has 0 saturated carbocycles. The Morgan fingerprint density at radius 2 is 2.00 bits per heavy atom. The zero-order valence-electron chi connectivity index (χ0n) is 8.52. The van der Waals surface area contributed by atoms with Gasteiger partial charge in [0.2, 0.25) is 0 Å². The molecular formula is C9H15O5-. The molecule has 0 aliphatic heterocycles. The molecule has 0 saturated heterocycles. The average molecular weight is 203 g/mol. The Morgan fingerprint density at radius 1 is 1.50 bits per heavy atom. The molecule has 1 N–H and O–H groups in total. The number of rotatable bonds is 6. The third-order valence-corrected chi connectivity index (χ3v) is 2.30. The van der Waals surface area contributed by atoms with E-state index in [0.717, 1.165) is 0 Å². The van der Waals surface area contributed by atoms with Gasteiger partial charge in [0.1, 0.15) is 0 Å². The predicted molar refractivity (Wildman–Crippen MR) is 46.4 cm³/mol. The van der Waals surface area contributed by atoms with E-state index in [0.29, 0.717) is 6.42 Å². The first-order valence-electron chi connectivity index (χ1n) is 4.42. The van der Waals surface area contributed by atoms with Crippen LogP contribution < -0.4 is 5.11 Å². The van der Waals surface area contributed by atoms with E-state index < -0.39 is 29.9 Å². The molecule has 0 spiro atoms. The predicted octanol–water partition coefficient (Wildman–Crippen LogP) is -0.502. The lowest BCUT2D eigenvalue weighted by Gasteiger charge is -2.27. The summed E-state index contributed by atoms with van der Waals surface area (Å²) < 4.78 is 4.92. The fraction of sp³-hybridized carbons (Fsp3) is 0.778. The number of ether oxygens (including phenoxy) is 1. The van der Waals surface area contributed by atoms with Gasteiger partial charge in [0.05, 0.1) is 12.0 Å². The maximum Gasteiger partial charge on any atom is 0.309 e. The molecule has 0 amide bonds. The van der Waals surface area contributed by atoms with E-state index in [1.807, 2.05) is 0 Å². The van der Waals surface area contributed by atoms with Gasteiger partial charge in [-0.1, -0.05) is 13.8 Å². The molecule has 82 valence electrons. The average Bonchev–Trinajstić information content (AvgIpc) is 2.12. The van der Waals surface area contributed by atoms with Crippen molar-refractivity contribution in [3.63, 3.8) is 0 Å².